The number of nitrogens with one attached hydrogen (secondary N) is 1. The fraction of sp³-hybridized carbons (Fsp3) is 0.130. The van der Waals surface area contributed by atoms with Crippen LogP contribution in [0.25, 0.3) is 0 Å². The SMILES string of the molecule is COc1cc(C)ccc1C(=O)N/N=C\c1ccc(OS(=O)(=O)c2ccc(C)c([N+](=O)[O-])c2)cc1. The molecule has 0 atom stereocenters. The number of hydrogen-bond donors (Lipinski definition) is 1. The number of benzene rings is 3. The molecule has 3 aromatic rings. The lowest BCUT2D eigenvalue weighted by Gasteiger charge is -2.08. The third kappa shape index (κ3) is 5.75. The highest BCUT2D eigenvalue weighted by Crippen LogP contribution is 2.25. The lowest BCUT2D eigenvalue weighted by atomic mass is 10.1. The van der Waals surface area contributed by atoms with E-state index in [-0.39, 0.29) is 16.3 Å². The number of hydrogen-bond acceptors (Lipinski definition) is 8. The van der Waals surface area contributed by atoms with Crippen molar-refractivity contribution in [3.05, 3.63) is 93.0 Å². The first-order chi connectivity index (χ1) is 16.1. The third-order valence-corrected chi connectivity index (χ3v) is 5.98. The summed E-state index contributed by atoms with van der Waals surface area (Å²) in [5, 5.41) is 15.0. The van der Waals surface area contributed by atoms with E-state index in [2.05, 4.69) is 10.5 Å². The van der Waals surface area contributed by atoms with Crippen molar-refractivity contribution in [2.45, 2.75) is 18.7 Å². The van der Waals surface area contributed by atoms with Crippen molar-refractivity contribution in [3.63, 3.8) is 0 Å². The van der Waals surface area contributed by atoms with Gasteiger partial charge in [0, 0.05) is 11.6 Å². The maximum Gasteiger partial charge on any atom is 0.339 e. The minimum absolute atomic E-state index is 0.00815. The lowest BCUT2D eigenvalue weighted by molar-refractivity contribution is -0.385. The summed E-state index contributed by atoms with van der Waals surface area (Å²) in [6.45, 7) is 3.39. The van der Waals surface area contributed by atoms with Crippen molar-refractivity contribution in [1.29, 1.82) is 0 Å². The number of carbonyl (C=O) groups excluding carboxylic acids is 1. The molecule has 0 fully saturated rings. The smallest absolute Gasteiger partial charge is 0.339 e. The quantitative estimate of drug-likeness (QED) is 0.223. The minimum Gasteiger partial charge on any atom is -0.496 e. The van der Waals surface area contributed by atoms with Gasteiger partial charge in [-0.15, -0.1) is 0 Å². The largest absolute Gasteiger partial charge is 0.496 e. The fourth-order valence-corrected chi connectivity index (χ4v) is 3.89. The highest BCUT2D eigenvalue weighted by atomic mass is 32.2. The summed E-state index contributed by atoms with van der Waals surface area (Å²) in [7, 11) is -2.80. The molecule has 1 N–H and O–H groups in total. The highest BCUT2D eigenvalue weighted by molar-refractivity contribution is 7.87. The lowest BCUT2D eigenvalue weighted by Crippen LogP contribution is -2.18. The van der Waals surface area contributed by atoms with Crippen LogP contribution in [0.3, 0.4) is 0 Å². The molecule has 0 aromatic heterocycles. The van der Waals surface area contributed by atoms with Gasteiger partial charge in [0.05, 0.1) is 23.8 Å². The van der Waals surface area contributed by atoms with E-state index in [9.17, 15) is 23.3 Å². The van der Waals surface area contributed by atoms with Crippen molar-refractivity contribution < 1.29 is 27.1 Å². The Labute approximate surface area is 196 Å². The molecule has 0 aliphatic rings. The Kier molecular flexibility index (Phi) is 7.27. The van der Waals surface area contributed by atoms with Gasteiger partial charge in [-0.25, -0.2) is 5.43 Å². The Morgan fingerprint density at radius 1 is 1.06 bits per heavy atom. The predicted octanol–water partition coefficient (Wildman–Crippen LogP) is 3.75. The molecule has 0 aliphatic carbocycles. The maximum absolute atomic E-state index is 12.5. The maximum atomic E-state index is 12.5. The molecule has 0 radical (unpaired) electrons. The van der Waals surface area contributed by atoms with Crippen molar-refractivity contribution in [2.75, 3.05) is 7.11 Å². The molecule has 0 saturated carbocycles. The molecule has 0 aliphatic heterocycles. The van der Waals surface area contributed by atoms with Gasteiger partial charge >= 0.3 is 10.1 Å². The third-order valence-electron chi connectivity index (χ3n) is 4.73. The van der Waals surface area contributed by atoms with Crippen molar-refractivity contribution >= 4 is 27.9 Å². The van der Waals surface area contributed by atoms with Gasteiger partial charge in [-0.2, -0.15) is 13.5 Å². The molecule has 1 amide bonds. The van der Waals surface area contributed by atoms with Gasteiger partial charge in [-0.3, -0.25) is 14.9 Å². The predicted molar refractivity (Wildman–Crippen MR) is 125 cm³/mol. The number of nitrogens with zero attached hydrogens (tertiary/aromatic N) is 2. The molecule has 0 saturated heterocycles. The number of methoxy groups -OCH3 is 1. The number of amides is 1. The molecule has 0 unspecified atom stereocenters. The Hall–Kier alpha value is -4.25. The molecular formula is C23H21N3O7S. The number of carbonyl (C=O) groups is 1. The fourth-order valence-electron chi connectivity index (χ4n) is 2.94. The standard InChI is InChI=1S/C23H21N3O7S/c1-15-4-11-20(22(12-15)32-3)23(27)25-24-14-17-6-8-18(9-7-17)33-34(30,31)19-10-5-16(2)21(13-19)26(28)29/h4-14H,1-3H3,(H,25,27)/b24-14-. The van der Waals surface area contributed by atoms with E-state index in [0.29, 0.717) is 22.4 Å². The summed E-state index contributed by atoms with van der Waals surface area (Å²) in [5.74, 6) is -0.0190. The molecule has 0 heterocycles. The first-order valence-electron chi connectivity index (χ1n) is 9.88. The van der Waals surface area contributed by atoms with Gasteiger partial charge in [0.1, 0.15) is 16.4 Å². The Morgan fingerprint density at radius 2 is 1.76 bits per heavy atom. The molecule has 10 nitrogen and oxygen atoms in total. The van der Waals surface area contributed by atoms with Crippen molar-refractivity contribution in [1.82, 2.24) is 5.43 Å². The van der Waals surface area contributed by atoms with Crippen LogP contribution in [-0.2, 0) is 10.1 Å². The number of hydrazone groups is 1. The summed E-state index contributed by atoms with van der Waals surface area (Å²) in [5.41, 5.74) is 4.26. The molecule has 176 valence electrons. The van der Waals surface area contributed by atoms with Gasteiger partial charge in [-0.05, 0) is 67.4 Å². The van der Waals surface area contributed by atoms with Gasteiger partial charge in [0.15, 0.2) is 0 Å². The van der Waals surface area contributed by atoms with Crippen LogP contribution in [0.4, 0.5) is 5.69 Å². The molecule has 11 heteroatoms. The number of nitro benzene ring substituents is 1. The van der Waals surface area contributed by atoms with Gasteiger partial charge in [0.2, 0.25) is 0 Å². The second kappa shape index (κ2) is 10.1. The number of aryl methyl sites for hydroxylation is 2. The zero-order valence-electron chi connectivity index (χ0n) is 18.5. The van der Waals surface area contributed by atoms with E-state index in [1.165, 1.54) is 56.6 Å². The zero-order chi connectivity index (χ0) is 24.9. The monoisotopic (exact) mass is 483 g/mol. The minimum atomic E-state index is -4.27. The van der Waals surface area contributed by atoms with Crippen molar-refractivity contribution in [3.8, 4) is 11.5 Å². The van der Waals surface area contributed by atoms with Crippen LogP contribution in [0.2, 0.25) is 0 Å². The van der Waals surface area contributed by atoms with Crippen molar-refractivity contribution in [2.24, 2.45) is 5.10 Å². The molecule has 0 spiro atoms. The van der Waals surface area contributed by atoms with Gasteiger partial charge < -0.3 is 8.92 Å². The van der Waals surface area contributed by atoms with E-state index in [1.807, 2.05) is 6.92 Å². The summed E-state index contributed by atoms with van der Waals surface area (Å²) < 4.78 is 35.3. The Morgan fingerprint density at radius 3 is 2.41 bits per heavy atom. The average Bonchev–Trinajstić information content (AvgIpc) is 2.79. The highest BCUT2D eigenvalue weighted by Gasteiger charge is 2.21. The van der Waals surface area contributed by atoms with Crippen LogP contribution in [0.15, 0.2) is 70.7 Å². The van der Waals surface area contributed by atoms with Crippen LogP contribution in [-0.4, -0.2) is 32.6 Å². The molecule has 3 rings (SSSR count). The van der Waals surface area contributed by atoms with Gasteiger partial charge in [-0.1, -0.05) is 12.1 Å². The normalized spacial score (nSPS) is 11.3. The van der Waals surface area contributed by atoms with E-state index in [1.54, 1.807) is 18.2 Å². The second-order valence-corrected chi connectivity index (χ2v) is 8.76. The Balaban J connectivity index is 1.67. The van der Waals surface area contributed by atoms with Crippen LogP contribution in [0.1, 0.15) is 27.0 Å². The first kappa shape index (κ1) is 24.4. The van der Waals surface area contributed by atoms with Crippen LogP contribution in [0.5, 0.6) is 11.5 Å². The van der Waals surface area contributed by atoms with E-state index in [4.69, 9.17) is 8.92 Å². The summed E-state index contributed by atoms with van der Waals surface area (Å²) in [6.07, 6.45) is 1.38. The van der Waals surface area contributed by atoms with E-state index in [0.717, 1.165) is 11.6 Å². The number of rotatable bonds is 8. The van der Waals surface area contributed by atoms with E-state index >= 15 is 0 Å². The summed E-state index contributed by atoms with van der Waals surface area (Å²) in [6, 6.07) is 14.5. The van der Waals surface area contributed by atoms with Crippen LogP contribution >= 0.6 is 0 Å². The zero-order valence-corrected chi connectivity index (χ0v) is 19.3. The molecular weight excluding hydrogens is 462 g/mol. The number of nitro groups is 1. The first-order valence-corrected chi connectivity index (χ1v) is 11.3. The average molecular weight is 484 g/mol. The Bertz CT molecular complexity index is 1370. The molecule has 3 aromatic carbocycles. The summed E-state index contributed by atoms with van der Waals surface area (Å²) in [4.78, 5) is 22.4. The second-order valence-electron chi connectivity index (χ2n) is 7.21. The summed E-state index contributed by atoms with van der Waals surface area (Å²) >= 11 is 0. The molecule has 0 bridgehead atoms. The van der Waals surface area contributed by atoms with E-state index < -0.39 is 20.9 Å². The number of ether oxygens (including phenoxy) is 1. The van der Waals surface area contributed by atoms with Gasteiger partial charge in [0.25, 0.3) is 11.6 Å². The van der Waals surface area contributed by atoms with Crippen LogP contribution in [0, 0.1) is 24.0 Å². The van der Waals surface area contributed by atoms with Crippen LogP contribution < -0.4 is 14.3 Å². The molecule has 34 heavy (non-hydrogen) atoms. The topological polar surface area (TPSA) is 137 Å².